The highest BCUT2D eigenvalue weighted by Crippen LogP contribution is 2.67. The van der Waals surface area contributed by atoms with E-state index in [2.05, 4.69) is 46.0 Å². The fraction of sp³-hybridized carbons (Fsp3) is 0.927. The smallest absolute Gasteiger partial charge is 0.217 e. The molecule has 0 aromatic heterocycles. The Labute approximate surface area is 310 Å². The van der Waals surface area contributed by atoms with Gasteiger partial charge in [0.2, 0.25) is 5.91 Å². The molecule has 10 heteroatoms. The van der Waals surface area contributed by atoms with E-state index in [4.69, 9.17) is 26.4 Å². The molecule has 10 nitrogen and oxygen atoms in total. The molecule has 5 aliphatic rings. The van der Waals surface area contributed by atoms with Crippen LogP contribution >= 0.6 is 0 Å². The third-order valence-electron chi connectivity index (χ3n) is 13.8. The summed E-state index contributed by atoms with van der Waals surface area (Å²) in [5.74, 6) is 4.40. The molecule has 0 radical (unpaired) electrons. The predicted molar refractivity (Wildman–Crippen MR) is 196 cm³/mol. The molecule has 4 fully saturated rings. The van der Waals surface area contributed by atoms with Crippen LogP contribution in [0.25, 0.3) is 0 Å². The molecule has 4 N–H and O–H groups in total. The molecular formula is C41H71NO9. The zero-order chi connectivity index (χ0) is 38.6. The molecule has 1 amide bonds. The van der Waals surface area contributed by atoms with Crippen molar-refractivity contribution in [2.24, 2.45) is 46.3 Å². The van der Waals surface area contributed by atoms with Crippen molar-refractivity contribution in [2.75, 3.05) is 46.2 Å². The number of hydrogen-bond acceptors (Lipinski definition) is 9. The van der Waals surface area contributed by atoms with Crippen molar-refractivity contribution in [3.63, 3.8) is 0 Å². The number of fused-ring (bicyclic) bond motifs is 5. The number of hydrogen-bond donors (Lipinski definition) is 4. The molecule has 5 rings (SSSR count). The fourth-order valence-corrected chi connectivity index (χ4v) is 11.1. The summed E-state index contributed by atoms with van der Waals surface area (Å²) in [5.41, 5.74) is 2.23. The number of nitrogens with one attached hydrogen (secondary N) is 1. The van der Waals surface area contributed by atoms with Crippen LogP contribution in [0.2, 0.25) is 0 Å². The van der Waals surface area contributed by atoms with Crippen molar-refractivity contribution in [2.45, 2.75) is 149 Å². The Bertz CT molecular complexity index is 1220. The first-order valence-electron chi connectivity index (χ1n) is 21.1. The number of carbonyl (C=O) groups excluding carboxylic acids is 1. The molecule has 4 aliphatic carbocycles. The fourth-order valence-electron chi connectivity index (χ4n) is 11.1. The average Bonchev–Trinajstić information content (AvgIpc) is 3.46. The van der Waals surface area contributed by atoms with Gasteiger partial charge in [-0.3, -0.25) is 4.79 Å². The maximum absolute atomic E-state index is 11.6. The number of rotatable bonds is 18. The van der Waals surface area contributed by atoms with Crippen molar-refractivity contribution in [1.29, 1.82) is 0 Å². The second-order valence-corrected chi connectivity index (χ2v) is 17.4. The Hall–Kier alpha value is -1.11. The Morgan fingerprint density at radius 1 is 0.980 bits per heavy atom. The maximum atomic E-state index is 11.6. The highest BCUT2D eigenvalue weighted by atomic mass is 16.7. The molecule has 0 aromatic carbocycles. The molecule has 51 heavy (non-hydrogen) atoms. The van der Waals surface area contributed by atoms with Gasteiger partial charge in [0.15, 0.2) is 6.29 Å². The minimum atomic E-state index is -1.96. The highest BCUT2D eigenvalue weighted by molar-refractivity contribution is 5.73. The van der Waals surface area contributed by atoms with Gasteiger partial charge in [-0.1, -0.05) is 65.5 Å². The Morgan fingerprint density at radius 2 is 1.75 bits per heavy atom. The third-order valence-corrected chi connectivity index (χ3v) is 13.8. The quantitative estimate of drug-likeness (QED) is 0.108. The molecular weight excluding hydrogens is 650 g/mol. The standard InChI is InChI=1S/C41H71NO9/c1-26(2)8-7-9-27(3)32-12-13-33-31-11-10-29-24-30(14-16-40(29,5)34(31)15-17-41(32,33)6)49-22-20-47-18-19-48-21-23-50-39-36(42-28(4)44)38(46)37(45)35(25-43)51-39/h10,26-27,30-39,43,45-46H,7-9,11-25H2,1-6H3,(H,42,44)/t27-,30+,31+,32-,33+,34+,35-,36-,37-,38-,39-,40+,41-/m1/s1/i20D2. The summed E-state index contributed by atoms with van der Waals surface area (Å²) >= 11 is 0. The zero-order valence-electron chi connectivity index (χ0n) is 34.3. The first kappa shape index (κ1) is 38.2. The Kier molecular flexibility index (Phi) is 13.8. The van der Waals surface area contributed by atoms with Crippen LogP contribution in [0.3, 0.4) is 0 Å². The molecule has 0 spiro atoms. The number of carbonyl (C=O) groups is 1. The van der Waals surface area contributed by atoms with Crippen LogP contribution in [-0.4, -0.2) is 104 Å². The van der Waals surface area contributed by atoms with Gasteiger partial charge in [-0.2, -0.15) is 0 Å². The maximum Gasteiger partial charge on any atom is 0.217 e. The summed E-state index contributed by atoms with van der Waals surface area (Å²) in [4.78, 5) is 11.6. The molecule has 294 valence electrons. The van der Waals surface area contributed by atoms with Gasteiger partial charge in [-0.15, -0.1) is 0 Å². The molecule has 0 bridgehead atoms. The molecule has 1 aliphatic heterocycles. The summed E-state index contributed by atoms with van der Waals surface area (Å²) in [6.07, 6.45) is 11.3. The van der Waals surface area contributed by atoms with Crippen LogP contribution in [0.5, 0.6) is 0 Å². The van der Waals surface area contributed by atoms with Gasteiger partial charge >= 0.3 is 0 Å². The Morgan fingerprint density at radius 3 is 2.49 bits per heavy atom. The van der Waals surface area contributed by atoms with Crippen LogP contribution in [0.15, 0.2) is 11.6 Å². The normalized spacial score (nSPS) is 40.8. The van der Waals surface area contributed by atoms with Gasteiger partial charge in [-0.25, -0.2) is 0 Å². The second-order valence-electron chi connectivity index (χ2n) is 17.4. The minimum Gasteiger partial charge on any atom is -0.394 e. The molecule has 1 saturated heterocycles. The molecule has 0 aromatic rings. The zero-order valence-corrected chi connectivity index (χ0v) is 32.3. The van der Waals surface area contributed by atoms with Crippen molar-refractivity contribution < 1.29 is 46.5 Å². The van der Waals surface area contributed by atoms with Crippen LogP contribution < -0.4 is 5.32 Å². The van der Waals surface area contributed by atoms with Gasteiger partial charge in [0.05, 0.1) is 55.0 Å². The predicted octanol–water partition coefficient (Wildman–Crippen LogP) is 5.41. The topological polar surface area (TPSA) is 136 Å². The summed E-state index contributed by atoms with van der Waals surface area (Å²) in [6, 6.07) is -1.02. The largest absolute Gasteiger partial charge is 0.394 e. The van der Waals surface area contributed by atoms with Crippen molar-refractivity contribution in [1.82, 2.24) is 5.32 Å². The van der Waals surface area contributed by atoms with E-state index in [1.807, 2.05) is 0 Å². The van der Waals surface area contributed by atoms with E-state index in [9.17, 15) is 20.1 Å². The van der Waals surface area contributed by atoms with E-state index >= 15 is 0 Å². The van der Waals surface area contributed by atoms with E-state index in [1.165, 1.54) is 63.9 Å². The van der Waals surface area contributed by atoms with Gasteiger partial charge in [-0.05, 0) is 97.7 Å². The number of amides is 1. The lowest BCUT2D eigenvalue weighted by atomic mass is 9.47. The van der Waals surface area contributed by atoms with E-state index in [0.717, 1.165) is 54.8 Å². The number of aliphatic hydroxyl groups is 3. The lowest BCUT2D eigenvalue weighted by molar-refractivity contribution is -0.272. The number of allylic oxidation sites excluding steroid dienone is 1. The SMILES string of the molecule is [2H]C([2H])(CO[C@H]1CC[C@@]2(C)C(=CC[C@H]3[C@@H]4CC[C@H]([C@H](C)CCCC(C)C)[C@@]4(C)CC[C@@H]32)C1)OCCOCCO[C@@H]1O[C@H](CO)[C@@H](O)[C@H](O)[C@H]1NC(C)=O. The van der Waals surface area contributed by atoms with Crippen molar-refractivity contribution in [3.05, 3.63) is 11.6 Å². The summed E-state index contributed by atoms with van der Waals surface area (Å²) in [6.45, 7) is 11.4. The van der Waals surface area contributed by atoms with E-state index < -0.39 is 49.7 Å². The van der Waals surface area contributed by atoms with Crippen LogP contribution in [0, 0.1) is 46.3 Å². The van der Waals surface area contributed by atoms with E-state index in [-0.39, 0.29) is 44.6 Å². The van der Waals surface area contributed by atoms with Gasteiger partial charge < -0.3 is 44.3 Å². The molecule has 3 saturated carbocycles. The van der Waals surface area contributed by atoms with Gasteiger partial charge in [0.25, 0.3) is 0 Å². The molecule has 13 atom stereocenters. The summed E-state index contributed by atoms with van der Waals surface area (Å²) < 4.78 is 45.2. The summed E-state index contributed by atoms with van der Waals surface area (Å²) in [7, 11) is 0. The highest BCUT2D eigenvalue weighted by Gasteiger charge is 2.59. The second kappa shape index (κ2) is 18.5. The first-order valence-corrected chi connectivity index (χ1v) is 20.1. The minimum absolute atomic E-state index is 0.0114. The van der Waals surface area contributed by atoms with Crippen molar-refractivity contribution >= 4 is 5.91 Å². The lowest BCUT2D eigenvalue weighted by Gasteiger charge is -2.58. The molecule has 1 heterocycles. The number of ether oxygens (including phenoxy) is 5. The lowest BCUT2D eigenvalue weighted by Crippen LogP contribution is -2.64. The third kappa shape index (κ3) is 9.59. The van der Waals surface area contributed by atoms with E-state index in [0.29, 0.717) is 5.41 Å². The monoisotopic (exact) mass is 724 g/mol. The van der Waals surface area contributed by atoms with Crippen LogP contribution in [0.1, 0.15) is 115 Å². The van der Waals surface area contributed by atoms with Crippen molar-refractivity contribution in [3.8, 4) is 0 Å². The van der Waals surface area contributed by atoms with Crippen LogP contribution in [-0.2, 0) is 28.5 Å². The Balaban J connectivity index is 1.02. The summed E-state index contributed by atoms with van der Waals surface area (Å²) in [5, 5.41) is 32.5. The van der Waals surface area contributed by atoms with Gasteiger partial charge in [0.1, 0.15) is 24.4 Å². The van der Waals surface area contributed by atoms with E-state index in [1.54, 1.807) is 0 Å². The van der Waals surface area contributed by atoms with Gasteiger partial charge in [0, 0.05) is 6.92 Å². The average molecular weight is 724 g/mol. The van der Waals surface area contributed by atoms with Crippen LogP contribution in [0.4, 0.5) is 0 Å². The number of aliphatic hydroxyl groups excluding tert-OH is 3. The first-order chi connectivity index (χ1) is 25.1. The molecule has 0 unspecified atom stereocenters.